The van der Waals surface area contributed by atoms with Gasteiger partial charge in [-0.25, -0.2) is 4.79 Å². The van der Waals surface area contributed by atoms with E-state index in [4.69, 9.17) is 16.3 Å². The Balaban J connectivity index is 0.000000202. The van der Waals surface area contributed by atoms with E-state index in [2.05, 4.69) is 89.4 Å². The maximum absolute atomic E-state index is 11.4. The number of benzene rings is 4. The molecule has 0 unspecified atom stereocenters. The molecule has 0 radical (unpaired) electrons. The summed E-state index contributed by atoms with van der Waals surface area (Å²) in [7, 11) is 0. The van der Waals surface area contributed by atoms with Gasteiger partial charge in [-0.15, -0.1) is 0 Å². The van der Waals surface area contributed by atoms with Gasteiger partial charge in [-0.3, -0.25) is 4.79 Å². The molecule has 0 aliphatic heterocycles. The first-order valence-electron chi connectivity index (χ1n) is 26.2. The number of esters is 1. The molecule has 4 aromatic rings. The Bertz CT molecular complexity index is 2160. The van der Waals surface area contributed by atoms with E-state index in [1.165, 1.54) is 168 Å². The molecule has 360 valence electrons. The van der Waals surface area contributed by atoms with Crippen LogP contribution in [0.25, 0.3) is 22.3 Å². The van der Waals surface area contributed by atoms with E-state index >= 15 is 0 Å². The molecule has 4 nitrogen and oxygen atoms in total. The van der Waals surface area contributed by atoms with Crippen molar-refractivity contribution in [1.29, 1.82) is 0 Å². The summed E-state index contributed by atoms with van der Waals surface area (Å²) in [6, 6.07) is 29.9. The molecule has 0 heterocycles. The quantitative estimate of drug-likeness (QED) is 0.0628. The number of ether oxygens (including phenoxy) is 1. The van der Waals surface area contributed by atoms with E-state index < -0.39 is 11.2 Å². The van der Waals surface area contributed by atoms with Gasteiger partial charge in [0.05, 0.1) is 0 Å². The highest BCUT2D eigenvalue weighted by atomic mass is 35.5. The van der Waals surface area contributed by atoms with Crippen LogP contribution in [0.15, 0.2) is 110 Å². The Labute approximate surface area is 410 Å². The fourth-order valence-electron chi connectivity index (χ4n) is 12.6. The fraction of sp³-hybridized carbons (Fsp3) is 0.516. The standard InChI is InChI=1S/C31H40O2.C28H38O.C3H3ClO/c1-4-6-23-7-9-24(10-8-23)25-11-13-26(14-12-25)27-15-17-28(18-16-27)30-20-19-29(21-22(30)3)33-31(32)5-2;1-3-4-21-5-7-22(8-6-21)23-9-11-24(12-10-23)25-13-15-26(16-14-25)28-18-17-27(29)19-20(28)2;1-2-3(4)5/h5,15-21,23-26H,2,4,6-14H2,1,3H3;13-19,21-24,29H,3-12H2,1-2H3;2H,1H2. The Morgan fingerprint density at radius 2 is 0.925 bits per heavy atom. The molecule has 67 heavy (non-hydrogen) atoms. The van der Waals surface area contributed by atoms with Crippen molar-refractivity contribution in [2.75, 3.05) is 0 Å². The van der Waals surface area contributed by atoms with Crippen LogP contribution in [0, 0.1) is 49.4 Å². The van der Waals surface area contributed by atoms with Crippen LogP contribution in [0.2, 0.25) is 0 Å². The predicted octanol–water partition coefficient (Wildman–Crippen LogP) is 17.8. The van der Waals surface area contributed by atoms with E-state index in [0.29, 0.717) is 17.4 Å². The van der Waals surface area contributed by atoms with Crippen LogP contribution in [0.1, 0.15) is 176 Å². The monoisotopic (exact) mass is 925 g/mol. The lowest BCUT2D eigenvalue weighted by atomic mass is 9.68. The van der Waals surface area contributed by atoms with E-state index in [1.54, 1.807) is 6.07 Å². The average molecular weight is 926 g/mol. The highest BCUT2D eigenvalue weighted by Crippen LogP contribution is 2.46. The Morgan fingerprint density at radius 1 is 0.552 bits per heavy atom. The highest BCUT2D eigenvalue weighted by Gasteiger charge is 2.32. The van der Waals surface area contributed by atoms with Crippen LogP contribution >= 0.6 is 11.6 Å². The third-order valence-corrected chi connectivity index (χ3v) is 16.5. The number of hydrogen-bond donors (Lipinski definition) is 1. The average Bonchev–Trinajstić information content (AvgIpc) is 3.35. The number of aromatic hydroxyl groups is 1. The molecule has 0 aromatic heterocycles. The molecule has 0 amide bonds. The number of rotatable bonds is 13. The maximum Gasteiger partial charge on any atom is 0.335 e. The molecule has 5 heteroatoms. The molecule has 8 rings (SSSR count). The van der Waals surface area contributed by atoms with Crippen LogP contribution in [0.4, 0.5) is 0 Å². The minimum atomic E-state index is -0.509. The first-order valence-corrected chi connectivity index (χ1v) is 26.6. The summed E-state index contributed by atoms with van der Waals surface area (Å²) < 4.78 is 5.25. The van der Waals surface area contributed by atoms with Gasteiger partial charge in [-0.05, 0) is 225 Å². The Morgan fingerprint density at radius 3 is 1.27 bits per heavy atom. The minimum Gasteiger partial charge on any atom is -0.508 e. The van der Waals surface area contributed by atoms with Crippen molar-refractivity contribution < 1.29 is 19.4 Å². The molecule has 0 spiro atoms. The van der Waals surface area contributed by atoms with Gasteiger partial charge >= 0.3 is 5.97 Å². The molecule has 4 aliphatic carbocycles. The molecule has 0 bridgehead atoms. The first-order chi connectivity index (χ1) is 32.5. The third kappa shape index (κ3) is 15.3. The normalized spacial score (nSPS) is 25.0. The smallest absolute Gasteiger partial charge is 0.335 e. The van der Waals surface area contributed by atoms with Crippen LogP contribution in [-0.4, -0.2) is 16.3 Å². The van der Waals surface area contributed by atoms with Crippen molar-refractivity contribution in [3.8, 4) is 33.8 Å². The van der Waals surface area contributed by atoms with Gasteiger partial charge in [0.2, 0.25) is 5.24 Å². The molecular weight excluding hydrogens is 844 g/mol. The summed E-state index contributed by atoms with van der Waals surface area (Å²) in [4.78, 5) is 20.9. The van der Waals surface area contributed by atoms with E-state index in [1.807, 2.05) is 30.3 Å². The van der Waals surface area contributed by atoms with E-state index in [0.717, 1.165) is 58.6 Å². The number of hydrogen-bond acceptors (Lipinski definition) is 4. The van der Waals surface area contributed by atoms with Crippen molar-refractivity contribution >= 4 is 22.8 Å². The molecule has 1 N–H and O–H groups in total. The van der Waals surface area contributed by atoms with Gasteiger partial charge in [-0.1, -0.05) is 139 Å². The summed E-state index contributed by atoms with van der Waals surface area (Å²) in [5.41, 5.74) is 10.1. The molecule has 0 saturated heterocycles. The summed E-state index contributed by atoms with van der Waals surface area (Å²) in [5, 5.41) is 9.14. The van der Waals surface area contributed by atoms with Crippen LogP contribution < -0.4 is 4.74 Å². The van der Waals surface area contributed by atoms with Gasteiger partial charge in [0.25, 0.3) is 0 Å². The van der Waals surface area contributed by atoms with E-state index in [9.17, 15) is 14.7 Å². The molecule has 0 atom stereocenters. The Hall–Kier alpha value is -4.41. The first kappa shape index (κ1) is 52.0. The number of phenols is 1. The van der Waals surface area contributed by atoms with Gasteiger partial charge in [-0.2, -0.15) is 0 Å². The van der Waals surface area contributed by atoms with Crippen molar-refractivity contribution in [3.63, 3.8) is 0 Å². The van der Waals surface area contributed by atoms with Crippen molar-refractivity contribution in [3.05, 3.63) is 132 Å². The van der Waals surface area contributed by atoms with Crippen LogP contribution in [0.5, 0.6) is 11.5 Å². The van der Waals surface area contributed by atoms with Crippen molar-refractivity contribution in [2.45, 2.75) is 168 Å². The van der Waals surface area contributed by atoms with Crippen molar-refractivity contribution in [1.82, 2.24) is 0 Å². The number of carbonyl (C=O) groups is 2. The summed E-state index contributed by atoms with van der Waals surface area (Å²) in [6.45, 7) is 15.3. The molecule has 4 fully saturated rings. The van der Waals surface area contributed by atoms with Gasteiger partial charge in [0.15, 0.2) is 0 Å². The lowest BCUT2D eigenvalue weighted by molar-refractivity contribution is -0.129. The number of halogens is 1. The third-order valence-electron chi connectivity index (χ3n) is 16.4. The van der Waals surface area contributed by atoms with E-state index in [-0.39, 0.29) is 0 Å². The zero-order chi connectivity index (χ0) is 47.7. The van der Waals surface area contributed by atoms with Gasteiger partial charge in [0.1, 0.15) is 11.5 Å². The zero-order valence-corrected chi connectivity index (χ0v) is 42.2. The second kappa shape index (κ2) is 26.4. The predicted molar refractivity (Wildman–Crippen MR) is 282 cm³/mol. The summed E-state index contributed by atoms with van der Waals surface area (Å²) >= 11 is 4.71. The summed E-state index contributed by atoms with van der Waals surface area (Å²) in [6.07, 6.45) is 30.9. The number of carbonyl (C=O) groups excluding carboxylic acids is 2. The number of phenolic OH excluding ortho intramolecular Hbond substituents is 1. The number of allylic oxidation sites excluding steroid dienone is 1. The zero-order valence-electron chi connectivity index (χ0n) is 41.5. The largest absolute Gasteiger partial charge is 0.508 e. The lowest BCUT2D eigenvalue weighted by Gasteiger charge is -2.38. The second-order valence-electron chi connectivity index (χ2n) is 20.7. The molecule has 4 aromatic carbocycles. The topological polar surface area (TPSA) is 63.6 Å². The highest BCUT2D eigenvalue weighted by molar-refractivity contribution is 6.66. The maximum atomic E-state index is 11.4. The lowest BCUT2D eigenvalue weighted by Crippen LogP contribution is -2.25. The van der Waals surface area contributed by atoms with Gasteiger partial charge in [0, 0.05) is 6.08 Å². The Kier molecular flexibility index (Phi) is 20.5. The van der Waals surface area contributed by atoms with Crippen LogP contribution in [0.3, 0.4) is 0 Å². The SMILES string of the molecule is C=CC(=O)Cl.C=CC(=O)Oc1ccc(-c2ccc(C3CCC(C4CCC(CCC)CC4)CC3)cc2)c(C)c1.CCCC1CCC(C2CCC(c3ccc(-c4ccc(O)cc4C)cc3)CC2)CC1. The molecule has 4 saturated carbocycles. The van der Waals surface area contributed by atoms with Crippen molar-refractivity contribution in [2.24, 2.45) is 35.5 Å². The summed E-state index contributed by atoms with van der Waals surface area (Å²) in [5.74, 6) is 7.98. The van der Waals surface area contributed by atoms with Crippen LogP contribution in [-0.2, 0) is 9.59 Å². The molecule has 4 aliphatic rings. The number of aryl methyl sites for hydroxylation is 2. The molecular formula is C62H81ClO4. The fourth-order valence-corrected chi connectivity index (χ4v) is 12.6. The second-order valence-corrected chi connectivity index (χ2v) is 21.1. The van der Waals surface area contributed by atoms with Gasteiger partial charge < -0.3 is 9.84 Å². The minimum absolute atomic E-state index is 0.346.